The van der Waals surface area contributed by atoms with Crippen LogP contribution in [0.3, 0.4) is 0 Å². The van der Waals surface area contributed by atoms with Gasteiger partial charge in [0.25, 0.3) is 0 Å². The highest BCUT2D eigenvalue weighted by molar-refractivity contribution is 7.92. The molecule has 1 aromatic rings. The molecule has 0 heterocycles. The molecule has 4 nitrogen and oxygen atoms in total. The maximum Gasteiger partial charge on any atom is 0.154 e. The number of anilines is 2. The number of hydrogen-bond donors (Lipinski definition) is 2. The van der Waals surface area contributed by atoms with Crippen LogP contribution in [-0.2, 0) is 9.84 Å². The Kier molecular flexibility index (Phi) is 3.94. The molecule has 0 aliphatic heterocycles. The Labute approximate surface area is 107 Å². The molecule has 0 fully saturated rings. The van der Waals surface area contributed by atoms with E-state index in [0.29, 0.717) is 16.4 Å². The number of sulfone groups is 1. The lowest BCUT2D eigenvalue weighted by atomic mass is 10.2. The van der Waals surface area contributed by atoms with Gasteiger partial charge in [-0.3, -0.25) is 0 Å². The molecule has 0 atom stereocenters. The molecule has 0 amide bonds. The second-order valence-electron chi connectivity index (χ2n) is 4.59. The van der Waals surface area contributed by atoms with Crippen molar-refractivity contribution in [1.29, 1.82) is 0 Å². The molecule has 96 valence electrons. The Hall–Kier alpha value is -0.940. The summed E-state index contributed by atoms with van der Waals surface area (Å²) in [5.74, 6) is 0. The average Bonchev–Trinajstić information content (AvgIpc) is 2.18. The van der Waals surface area contributed by atoms with Crippen LogP contribution in [0.4, 0.5) is 11.4 Å². The molecule has 0 saturated heterocycles. The van der Waals surface area contributed by atoms with Crippen molar-refractivity contribution in [2.75, 3.05) is 23.9 Å². The Balaban J connectivity index is 2.85. The van der Waals surface area contributed by atoms with Crippen LogP contribution < -0.4 is 11.1 Å². The van der Waals surface area contributed by atoms with E-state index in [9.17, 15) is 8.42 Å². The zero-order chi connectivity index (χ0) is 13.3. The van der Waals surface area contributed by atoms with Gasteiger partial charge in [-0.1, -0.05) is 17.7 Å². The number of halogens is 1. The van der Waals surface area contributed by atoms with Gasteiger partial charge in [0.05, 0.1) is 21.1 Å². The van der Waals surface area contributed by atoms with Gasteiger partial charge in [-0.05, 0) is 26.0 Å². The number of nitrogens with one attached hydrogen (secondary N) is 1. The van der Waals surface area contributed by atoms with E-state index in [2.05, 4.69) is 5.32 Å². The van der Waals surface area contributed by atoms with Crippen molar-refractivity contribution < 1.29 is 8.42 Å². The van der Waals surface area contributed by atoms with Crippen LogP contribution in [0.25, 0.3) is 0 Å². The quantitative estimate of drug-likeness (QED) is 0.827. The van der Waals surface area contributed by atoms with Crippen molar-refractivity contribution in [2.24, 2.45) is 0 Å². The van der Waals surface area contributed by atoms with Crippen molar-refractivity contribution in [3.05, 3.63) is 23.2 Å². The summed E-state index contributed by atoms with van der Waals surface area (Å²) in [5, 5.41) is 3.46. The molecule has 0 saturated carbocycles. The predicted octanol–water partition coefficient (Wildman–Crippen LogP) is 2.16. The van der Waals surface area contributed by atoms with Gasteiger partial charge in [0, 0.05) is 12.8 Å². The SMILES string of the molecule is CC(C)(CNc1cccc(Cl)c1N)S(C)(=O)=O. The molecule has 17 heavy (non-hydrogen) atoms. The lowest BCUT2D eigenvalue weighted by molar-refractivity contribution is 0.560. The minimum Gasteiger partial charge on any atom is -0.396 e. The third kappa shape index (κ3) is 3.26. The second kappa shape index (κ2) is 4.74. The molecule has 0 aliphatic carbocycles. The van der Waals surface area contributed by atoms with E-state index in [1.54, 1.807) is 32.0 Å². The molecule has 0 bridgehead atoms. The van der Waals surface area contributed by atoms with Crippen LogP contribution in [0.1, 0.15) is 13.8 Å². The summed E-state index contributed by atoms with van der Waals surface area (Å²) in [5.41, 5.74) is 6.85. The molecule has 1 aromatic carbocycles. The maximum atomic E-state index is 11.5. The van der Waals surface area contributed by atoms with Crippen LogP contribution in [0.5, 0.6) is 0 Å². The number of para-hydroxylation sites is 1. The van der Waals surface area contributed by atoms with Gasteiger partial charge < -0.3 is 11.1 Å². The van der Waals surface area contributed by atoms with E-state index in [0.717, 1.165) is 0 Å². The number of rotatable bonds is 4. The van der Waals surface area contributed by atoms with E-state index >= 15 is 0 Å². The highest BCUT2D eigenvalue weighted by atomic mass is 35.5. The fourth-order valence-corrected chi connectivity index (χ4v) is 1.64. The van der Waals surface area contributed by atoms with Crippen LogP contribution in [-0.4, -0.2) is 26.0 Å². The van der Waals surface area contributed by atoms with Gasteiger partial charge >= 0.3 is 0 Å². The lowest BCUT2D eigenvalue weighted by Gasteiger charge is -2.24. The van der Waals surface area contributed by atoms with E-state index < -0.39 is 14.6 Å². The normalized spacial score (nSPS) is 12.5. The van der Waals surface area contributed by atoms with E-state index in [1.165, 1.54) is 6.26 Å². The number of hydrogen-bond acceptors (Lipinski definition) is 4. The van der Waals surface area contributed by atoms with Crippen LogP contribution in [0.2, 0.25) is 5.02 Å². The van der Waals surface area contributed by atoms with Gasteiger partial charge in [-0.25, -0.2) is 8.42 Å². The minimum absolute atomic E-state index is 0.274. The van der Waals surface area contributed by atoms with Crippen molar-refractivity contribution in [2.45, 2.75) is 18.6 Å². The first-order valence-corrected chi connectivity index (χ1v) is 7.39. The highest BCUT2D eigenvalue weighted by Crippen LogP contribution is 2.27. The molecule has 3 N–H and O–H groups in total. The third-order valence-corrected chi connectivity index (χ3v) is 5.24. The molecule has 0 aliphatic rings. The van der Waals surface area contributed by atoms with Crippen LogP contribution >= 0.6 is 11.6 Å². The molecule has 0 aromatic heterocycles. The summed E-state index contributed by atoms with van der Waals surface area (Å²) in [6, 6.07) is 5.21. The van der Waals surface area contributed by atoms with Gasteiger partial charge in [-0.2, -0.15) is 0 Å². The summed E-state index contributed by atoms with van der Waals surface area (Å²) >= 11 is 5.87. The van der Waals surface area contributed by atoms with Crippen molar-refractivity contribution in [3.8, 4) is 0 Å². The molecule has 0 radical (unpaired) electrons. The monoisotopic (exact) mass is 276 g/mol. The third-order valence-electron chi connectivity index (χ3n) is 2.76. The first-order chi connectivity index (χ1) is 7.65. The van der Waals surface area contributed by atoms with Crippen LogP contribution in [0, 0.1) is 0 Å². The van der Waals surface area contributed by atoms with Gasteiger partial charge in [0.1, 0.15) is 0 Å². The maximum absolute atomic E-state index is 11.5. The van der Waals surface area contributed by atoms with Crippen LogP contribution in [0.15, 0.2) is 18.2 Å². The van der Waals surface area contributed by atoms with E-state index in [4.69, 9.17) is 17.3 Å². The zero-order valence-electron chi connectivity index (χ0n) is 10.1. The van der Waals surface area contributed by atoms with Crippen molar-refractivity contribution in [1.82, 2.24) is 0 Å². The van der Waals surface area contributed by atoms with Crippen molar-refractivity contribution in [3.63, 3.8) is 0 Å². The molecule has 6 heteroatoms. The largest absolute Gasteiger partial charge is 0.396 e. The summed E-state index contributed by atoms with van der Waals surface area (Å²) in [6.07, 6.45) is 1.22. The highest BCUT2D eigenvalue weighted by Gasteiger charge is 2.29. The summed E-state index contributed by atoms with van der Waals surface area (Å²) in [7, 11) is -3.13. The Morgan fingerprint density at radius 2 is 2.00 bits per heavy atom. The standard InChI is InChI=1S/C11H17ClN2O2S/c1-11(2,17(3,15)16)7-14-9-6-4-5-8(12)10(9)13/h4-6,14H,7,13H2,1-3H3. The molecule has 1 rings (SSSR count). The zero-order valence-corrected chi connectivity index (χ0v) is 11.7. The summed E-state index contributed by atoms with van der Waals surface area (Å²) < 4.78 is 22.2. The molecular weight excluding hydrogens is 260 g/mol. The first-order valence-electron chi connectivity index (χ1n) is 5.12. The lowest BCUT2D eigenvalue weighted by Crippen LogP contribution is -2.38. The molecule has 0 spiro atoms. The summed E-state index contributed by atoms with van der Waals surface area (Å²) in [6.45, 7) is 3.60. The Morgan fingerprint density at radius 1 is 1.41 bits per heavy atom. The second-order valence-corrected chi connectivity index (χ2v) is 7.64. The van der Waals surface area contributed by atoms with Crippen molar-refractivity contribution >= 4 is 32.8 Å². The van der Waals surface area contributed by atoms with Gasteiger partial charge in [0.2, 0.25) is 0 Å². The average molecular weight is 277 g/mol. The molecular formula is C11H17ClN2O2S. The smallest absolute Gasteiger partial charge is 0.154 e. The van der Waals surface area contributed by atoms with E-state index in [1.807, 2.05) is 0 Å². The predicted molar refractivity (Wildman–Crippen MR) is 73.3 cm³/mol. The van der Waals surface area contributed by atoms with Gasteiger partial charge in [-0.15, -0.1) is 0 Å². The fraction of sp³-hybridized carbons (Fsp3) is 0.455. The number of nitrogens with two attached hydrogens (primary N) is 1. The fourth-order valence-electron chi connectivity index (χ4n) is 1.13. The van der Waals surface area contributed by atoms with Gasteiger partial charge in [0.15, 0.2) is 9.84 Å². The minimum atomic E-state index is -3.13. The number of nitrogen functional groups attached to an aromatic ring is 1. The Bertz CT molecular complexity index is 512. The Morgan fingerprint density at radius 3 is 2.53 bits per heavy atom. The molecule has 0 unspecified atom stereocenters. The topological polar surface area (TPSA) is 72.2 Å². The first kappa shape index (κ1) is 14.1. The number of benzene rings is 1. The summed E-state index contributed by atoms with van der Waals surface area (Å²) in [4.78, 5) is 0. The van der Waals surface area contributed by atoms with E-state index in [-0.39, 0.29) is 6.54 Å².